The fourth-order valence-electron chi connectivity index (χ4n) is 3.19. The van der Waals surface area contributed by atoms with Gasteiger partial charge in [0.15, 0.2) is 5.82 Å². The Hall–Kier alpha value is -2.62. The molecule has 2 N–H and O–H groups in total. The lowest BCUT2D eigenvalue weighted by Gasteiger charge is -2.26. The molecule has 0 spiro atoms. The van der Waals surface area contributed by atoms with Crippen molar-refractivity contribution in [2.45, 2.75) is 32.1 Å². The Labute approximate surface area is 151 Å². The van der Waals surface area contributed by atoms with Gasteiger partial charge in [-0.3, -0.25) is 4.79 Å². The van der Waals surface area contributed by atoms with Crippen molar-refractivity contribution in [2.75, 3.05) is 31.2 Å². The van der Waals surface area contributed by atoms with E-state index in [2.05, 4.69) is 35.5 Å². The number of nitrogens with one attached hydrogen (secondary N) is 1. The van der Waals surface area contributed by atoms with E-state index in [1.54, 1.807) is 12.4 Å². The Morgan fingerprint density at radius 2 is 2.08 bits per heavy atom. The monoisotopic (exact) mass is 361 g/mol. The van der Waals surface area contributed by atoms with E-state index >= 15 is 0 Å². The summed E-state index contributed by atoms with van der Waals surface area (Å²) >= 11 is 0. The molecule has 3 heterocycles. The van der Waals surface area contributed by atoms with E-state index < -0.39 is 11.9 Å². The van der Waals surface area contributed by atoms with Crippen LogP contribution in [0.25, 0.3) is 0 Å². The Kier molecular flexibility index (Phi) is 6.05. The normalized spacial score (nSPS) is 17.0. The second kappa shape index (κ2) is 8.65. The molecule has 3 rings (SSSR count). The van der Waals surface area contributed by atoms with Crippen LogP contribution in [0.2, 0.25) is 0 Å². The van der Waals surface area contributed by atoms with Crippen LogP contribution in [-0.4, -0.2) is 68.0 Å². The second-order valence-corrected chi connectivity index (χ2v) is 6.32. The predicted molar refractivity (Wildman–Crippen MR) is 91.7 cm³/mol. The number of aliphatic carboxylic acids is 1. The first kappa shape index (κ1) is 18.2. The minimum absolute atomic E-state index is 0.361. The van der Waals surface area contributed by atoms with Crippen LogP contribution >= 0.6 is 0 Å². The van der Waals surface area contributed by atoms with Crippen molar-refractivity contribution >= 4 is 11.9 Å². The number of tetrazole rings is 1. The van der Waals surface area contributed by atoms with Gasteiger partial charge in [0.05, 0.1) is 19.1 Å². The van der Waals surface area contributed by atoms with Crippen LogP contribution in [-0.2, 0) is 16.0 Å². The molecule has 10 nitrogen and oxygen atoms in total. The third kappa shape index (κ3) is 4.31. The fraction of sp³-hybridized carbons (Fsp3) is 0.625. The first-order valence-electron chi connectivity index (χ1n) is 8.79. The Bertz CT molecular complexity index is 686. The minimum Gasteiger partial charge on any atom is -0.481 e. The van der Waals surface area contributed by atoms with Gasteiger partial charge >= 0.3 is 5.97 Å². The van der Waals surface area contributed by atoms with Crippen molar-refractivity contribution in [2.24, 2.45) is 5.92 Å². The molecule has 0 bridgehead atoms. The number of nitrogens with zero attached hydrogens (tertiary/aromatic N) is 6. The summed E-state index contributed by atoms with van der Waals surface area (Å²) in [6.07, 6.45) is 5.27. The number of hydrogen-bond donors (Lipinski definition) is 2. The maximum Gasteiger partial charge on any atom is 0.307 e. The largest absolute Gasteiger partial charge is 0.481 e. The Morgan fingerprint density at radius 3 is 2.65 bits per heavy atom. The molecular formula is C16H23N7O3. The van der Waals surface area contributed by atoms with Gasteiger partial charge in [-0.05, 0) is 28.8 Å². The smallest absolute Gasteiger partial charge is 0.307 e. The highest BCUT2D eigenvalue weighted by molar-refractivity contribution is 5.71. The average molecular weight is 361 g/mol. The summed E-state index contributed by atoms with van der Waals surface area (Å²) in [5, 5.41) is 23.5. The number of hydrogen-bond acceptors (Lipinski definition) is 8. The molecule has 0 radical (unpaired) electrons. The standard InChI is InChI=1S/C16H23N7O3/c1-2-3-12(15(24)25)13(14-19-21-22-20-14)8-11-9-17-16(18-10-11)23-4-6-26-7-5-23/h9-10,12-13H,2-8H2,1H3,(H,24,25)(H,19,20,21,22)/t12-,13-/m0/s1. The lowest BCUT2D eigenvalue weighted by Crippen LogP contribution is -2.37. The third-order valence-corrected chi connectivity index (χ3v) is 4.56. The maximum absolute atomic E-state index is 11.7. The molecule has 1 aliphatic rings. The van der Waals surface area contributed by atoms with Gasteiger partial charge in [0.1, 0.15) is 0 Å². The first-order chi connectivity index (χ1) is 12.7. The van der Waals surface area contributed by atoms with Gasteiger partial charge in [0.2, 0.25) is 5.95 Å². The first-order valence-corrected chi connectivity index (χ1v) is 8.79. The van der Waals surface area contributed by atoms with Crippen molar-refractivity contribution in [1.82, 2.24) is 30.6 Å². The van der Waals surface area contributed by atoms with E-state index in [9.17, 15) is 9.90 Å². The number of ether oxygens (including phenoxy) is 1. The quantitative estimate of drug-likeness (QED) is 0.696. The molecule has 1 aliphatic heterocycles. The second-order valence-electron chi connectivity index (χ2n) is 6.32. The highest BCUT2D eigenvalue weighted by Crippen LogP contribution is 2.29. The molecule has 140 valence electrons. The lowest BCUT2D eigenvalue weighted by molar-refractivity contribution is -0.142. The van der Waals surface area contributed by atoms with Gasteiger partial charge in [-0.2, -0.15) is 0 Å². The van der Waals surface area contributed by atoms with Crippen LogP contribution in [0.3, 0.4) is 0 Å². The van der Waals surface area contributed by atoms with Crippen molar-refractivity contribution < 1.29 is 14.6 Å². The molecular weight excluding hydrogens is 338 g/mol. The summed E-state index contributed by atoms with van der Waals surface area (Å²) in [7, 11) is 0. The van der Waals surface area contributed by atoms with Crippen LogP contribution in [0.4, 0.5) is 5.95 Å². The molecule has 2 atom stereocenters. The van der Waals surface area contributed by atoms with Gasteiger partial charge < -0.3 is 14.7 Å². The molecule has 26 heavy (non-hydrogen) atoms. The van der Waals surface area contributed by atoms with E-state index in [0.717, 1.165) is 25.1 Å². The van der Waals surface area contributed by atoms with Crippen molar-refractivity contribution in [3.8, 4) is 0 Å². The molecule has 1 fully saturated rings. The number of aromatic amines is 1. The highest BCUT2D eigenvalue weighted by Gasteiger charge is 2.31. The van der Waals surface area contributed by atoms with Gasteiger partial charge in [0.25, 0.3) is 0 Å². The van der Waals surface area contributed by atoms with Crippen molar-refractivity contribution in [3.63, 3.8) is 0 Å². The van der Waals surface area contributed by atoms with Crippen molar-refractivity contribution in [1.29, 1.82) is 0 Å². The summed E-state index contributed by atoms with van der Waals surface area (Å²) in [6, 6.07) is 0. The van der Waals surface area contributed by atoms with E-state index in [1.807, 2.05) is 6.92 Å². The molecule has 0 aromatic carbocycles. The summed E-state index contributed by atoms with van der Waals surface area (Å²) in [4.78, 5) is 22.7. The average Bonchev–Trinajstić information content (AvgIpc) is 3.20. The Morgan fingerprint density at radius 1 is 1.35 bits per heavy atom. The van der Waals surface area contributed by atoms with Crippen LogP contribution < -0.4 is 4.90 Å². The van der Waals surface area contributed by atoms with E-state index in [-0.39, 0.29) is 5.92 Å². The van der Waals surface area contributed by atoms with E-state index in [4.69, 9.17) is 4.74 Å². The SMILES string of the molecule is CCC[C@H](C(=O)O)[C@H](Cc1cnc(N2CCOCC2)nc1)c1nnn[nH]1. The molecule has 2 aromatic rings. The summed E-state index contributed by atoms with van der Waals surface area (Å²) < 4.78 is 5.34. The van der Waals surface area contributed by atoms with Gasteiger partial charge in [-0.1, -0.05) is 13.3 Å². The van der Waals surface area contributed by atoms with Gasteiger partial charge in [-0.15, -0.1) is 5.10 Å². The van der Waals surface area contributed by atoms with Crippen LogP contribution in [0.1, 0.15) is 37.1 Å². The minimum atomic E-state index is -0.848. The third-order valence-electron chi connectivity index (χ3n) is 4.56. The number of aromatic nitrogens is 6. The van der Waals surface area contributed by atoms with Crippen LogP contribution in [0.15, 0.2) is 12.4 Å². The van der Waals surface area contributed by atoms with Gasteiger partial charge in [-0.25, -0.2) is 15.1 Å². The number of carboxylic acids is 1. The van der Waals surface area contributed by atoms with E-state index in [0.29, 0.717) is 37.8 Å². The van der Waals surface area contributed by atoms with Crippen molar-refractivity contribution in [3.05, 3.63) is 23.8 Å². The topological polar surface area (TPSA) is 130 Å². The highest BCUT2D eigenvalue weighted by atomic mass is 16.5. The zero-order chi connectivity index (χ0) is 18.4. The summed E-state index contributed by atoms with van der Waals surface area (Å²) in [5.74, 6) is -0.644. The molecule has 0 aliphatic carbocycles. The molecule has 0 unspecified atom stereocenters. The summed E-state index contributed by atoms with van der Waals surface area (Å²) in [6.45, 7) is 4.84. The van der Waals surface area contributed by atoms with E-state index in [1.165, 1.54) is 0 Å². The maximum atomic E-state index is 11.7. The summed E-state index contributed by atoms with van der Waals surface area (Å²) in [5.41, 5.74) is 0.853. The lowest BCUT2D eigenvalue weighted by atomic mass is 9.84. The number of carbonyl (C=O) groups is 1. The zero-order valence-electron chi connectivity index (χ0n) is 14.7. The zero-order valence-corrected chi connectivity index (χ0v) is 14.7. The molecule has 0 saturated carbocycles. The number of morpholine rings is 1. The molecule has 10 heteroatoms. The Balaban J connectivity index is 1.77. The van der Waals surface area contributed by atoms with Gasteiger partial charge in [0, 0.05) is 31.4 Å². The number of carboxylic acid groups (broad SMARTS) is 1. The number of rotatable bonds is 8. The molecule has 2 aromatic heterocycles. The number of anilines is 1. The number of H-pyrrole nitrogens is 1. The predicted octanol–water partition coefficient (Wildman–Crippen LogP) is 0.653. The fourth-order valence-corrected chi connectivity index (χ4v) is 3.19. The van der Waals surface area contributed by atoms with Crippen LogP contribution in [0, 0.1) is 5.92 Å². The molecule has 0 amide bonds. The van der Waals surface area contributed by atoms with Crippen LogP contribution in [0.5, 0.6) is 0 Å². The molecule has 1 saturated heterocycles.